The minimum atomic E-state index is -0.925. The van der Waals surface area contributed by atoms with E-state index >= 15 is 0 Å². The van der Waals surface area contributed by atoms with E-state index in [0.717, 1.165) is 0 Å². The van der Waals surface area contributed by atoms with E-state index in [9.17, 15) is 14.7 Å². The number of anilines is 1. The number of carbonyl (C=O) groups is 2. The highest BCUT2D eigenvalue weighted by Gasteiger charge is 2.25. The van der Waals surface area contributed by atoms with Gasteiger partial charge in [-0.25, -0.2) is 0 Å². The molecule has 0 unspecified atom stereocenters. The van der Waals surface area contributed by atoms with Gasteiger partial charge >= 0.3 is 5.97 Å². The monoisotopic (exact) mass is 367 g/mol. The first-order chi connectivity index (χ1) is 12.6. The molecule has 0 aromatic heterocycles. The van der Waals surface area contributed by atoms with Crippen molar-refractivity contribution in [2.24, 2.45) is 5.41 Å². The number of hydrogen-bond acceptors (Lipinski definition) is 4. The highest BCUT2D eigenvalue weighted by Crippen LogP contribution is 2.31. The summed E-state index contributed by atoms with van der Waals surface area (Å²) in [6, 6.07) is 14.0. The fourth-order valence-corrected chi connectivity index (χ4v) is 2.37. The Morgan fingerprint density at radius 3 is 2.30 bits per heavy atom. The van der Waals surface area contributed by atoms with Crippen LogP contribution in [0.2, 0.25) is 0 Å². The average molecular weight is 367 g/mol. The zero-order valence-electron chi connectivity index (χ0n) is 16.1. The lowest BCUT2D eigenvalue weighted by Crippen LogP contribution is -2.26. The van der Waals surface area contributed by atoms with E-state index in [-0.39, 0.29) is 11.7 Å². The number of aliphatic hydroxyl groups is 1. The first-order valence-electron chi connectivity index (χ1n) is 8.64. The Morgan fingerprint density at radius 1 is 1.11 bits per heavy atom. The van der Waals surface area contributed by atoms with Crippen LogP contribution in [-0.4, -0.2) is 24.0 Å². The van der Waals surface area contributed by atoms with E-state index in [2.05, 4.69) is 6.58 Å². The minimum Gasteiger partial charge on any atom is -0.426 e. The smallest absolute Gasteiger partial charge is 0.316 e. The highest BCUT2D eigenvalue weighted by atomic mass is 16.5. The van der Waals surface area contributed by atoms with Gasteiger partial charge in [-0.15, -0.1) is 0 Å². The van der Waals surface area contributed by atoms with Gasteiger partial charge in [0.05, 0.1) is 5.41 Å². The summed E-state index contributed by atoms with van der Waals surface area (Å²) < 4.78 is 5.50. The number of nitrogens with zero attached hydrogens (tertiary/aromatic N) is 1. The molecule has 0 spiro atoms. The molecule has 0 saturated carbocycles. The van der Waals surface area contributed by atoms with E-state index in [1.54, 1.807) is 58.2 Å². The van der Waals surface area contributed by atoms with Gasteiger partial charge < -0.3 is 14.7 Å². The summed E-state index contributed by atoms with van der Waals surface area (Å²) in [6.07, 6.45) is 0.270. The Morgan fingerprint density at radius 2 is 1.74 bits per heavy atom. The first kappa shape index (κ1) is 20.4. The lowest BCUT2D eigenvalue weighted by molar-refractivity contribution is -0.143. The van der Waals surface area contributed by atoms with Crippen molar-refractivity contribution in [2.75, 3.05) is 11.9 Å². The topological polar surface area (TPSA) is 66.8 Å². The number of benzene rings is 2. The van der Waals surface area contributed by atoms with E-state index in [1.807, 2.05) is 18.2 Å². The predicted molar refractivity (Wildman–Crippen MR) is 106 cm³/mol. The van der Waals surface area contributed by atoms with Crippen LogP contribution in [0.15, 0.2) is 61.2 Å². The second-order valence-electron chi connectivity index (χ2n) is 7.31. The molecule has 0 aliphatic rings. The maximum absolute atomic E-state index is 12.3. The Kier molecular flexibility index (Phi) is 6.18. The van der Waals surface area contributed by atoms with Crippen LogP contribution in [0.1, 0.15) is 38.0 Å². The summed E-state index contributed by atoms with van der Waals surface area (Å²) in [5.74, 6) is -0.451. The largest absolute Gasteiger partial charge is 0.426 e. The maximum atomic E-state index is 12.3. The first-order valence-corrected chi connectivity index (χ1v) is 8.64. The summed E-state index contributed by atoms with van der Waals surface area (Å²) in [4.78, 5) is 25.6. The van der Waals surface area contributed by atoms with Crippen LogP contribution in [0.3, 0.4) is 0 Å². The molecule has 2 aromatic rings. The molecule has 5 nitrogen and oxygen atoms in total. The summed E-state index contributed by atoms with van der Waals surface area (Å²) in [6.45, 7) is 8.76. The number of ether oxygens (including phenoxy) is 1. The van der Waals surface area contributed by atoms with Gasteiger partial charge in [-0.3, -0.25) is 9.59 Å². The fourth-order valence-electron chi connectivity index (χ4n) is 2.37. The van der Waals surface area contributed by atoms with Crippen LogP contribution in [0.4, 0.5) is 5.69 Å². The number of hydrogen-bond donors (Lipinski definition) is 1. The summed E-state index contributed by atoms with van der Waals surface area (Å²) >= 11 is 0. The molecule has 0 fully saturated rings. The Bertz CT molecular complexity index is 837. The zero-order chi connectivity index (χ0) is 20.2. The minimum absolute atomic E-state index is 0.265. The molecular formula is C22H25NO4. The highest BCUT2D eigenvalue weighted by molar-refractivity contribution is 6.00. The molecule has 5 heteroatoms. The quantitative estimate of drug-likeness (QED) is 0.495. The van der Waals surface area contributed by atoms with Crippen molar-refractivity contribution in [3.05, 3.63) is 72.3 Å². The van der Waals surface area contributed by atoms with Gasteiger partial charge in [-0.05, 0) is 50.1 Å². The molecule has 1 amide bonds. The van der Waals surface area contributed by atoms with Gasteiger partial charge in [0.15, 0.2) is 0 Å². The van der Waals surface area contributed by atoms with Crippen molar-refractivity contribution in [1.82, 2.24) is 0 Å². The molecule has 1 atom stereocenters. The Labute approximate surface area is 159 Å². The molecule has 142 valence electrons. The van der Waals surface area contributed by atoms with Crippen LogP contribution in [0, 0.1) is 5.41 Å². The van der Waals surface area contributed by atoms with Gasteiger partial charge in [-0.2, -0.15) is 0 Å². The van der Waals surface area contributed by atoms with Crippen molar-refractivity contribution in [3.63, 3.8) is 0 Å². The normalized spacial score (nSPS) is 12.2. The van der Waals surface area contributed by atoms with Crippen LogP contribution in [0.5, 0.6) is 5.75 Å². The predicted octanol–water partition coefficient (Wildman–Crippen LogP) is 3.87. The number of esters is 1. The molecule has 0 radical (unpaired) electrons. The lowest BCUT2D eigenvalue weighted by Gasteiger charge is -2.21. The molecule has 2 aromatic carbocycles. The maximum Gasteiger partial charge on any atom is 0.316 e. The van der Waals surface area contributed by atoms with Crippen molar-refractivity contribution in [3.8, 4) is 5.75 Å². The van der Waals surface area contributed by atoms with Crippen LogP contribution < -0.4 is 9.64 Å². The van der Waals surface area contributed by atoms with Gasteiger partial charge in [0, 0.05) is 18.8 Å². The van der Waals surface area contributed by atoms with Gasteiger partial charge in [0.25, 0.3) is 0 Å². The zero-order valence-corrected chi connectivity index (χ0v) is 16.1. The van der Waals surface area contributed by atoms with Crippen molar-refractivity contribution < 1.29 is 19.4 Å². The molecule has 2 rings (SSSR count). The van der Waals surface area contributed by atoms with E-state index < -0.39 is 17.5 Å². The summed E-state index contributed by atoms with van der Waals surface area (Å²) in [5.41, 5.74) is 1.01. The van der Waals surface area contributed by atoms with Crippen LogP contribution >= 0.6 is 0 Å². The van der Waals surface area contributed by atoms with Gasteiger partial charge in [-0.1, -0.05) is 36.9 Å². The van der Waals surface area contributed by atoms with E-state index in [0.29, 0.717) is 16.8 Å². The fraction of sp³-hybridized carbons (Fsp3) is 0.273. The molecule has 0 aliphatic carbocycles. The second kappa shape index (κ2) is 8.18. The van der Waals surface area contributed by atoms with E-state index in [1.165, 1.54) is 11.0 Å². The van der Waals surface area contributed by atoms with E-state index in [4.69, 9.17) is 4.74 Å². The third-order valence-electron chi connectivity index (χ3n) is 4.06. The average Bonchev–Trinajstić information content (AvgIpc) is 2.65. The van der Waals surface area contributed by atoms with Crippen molar-refractivity contribution >= 4 is 17.6 Å². The van der Waals surface area contributed by atoms with Gasteiger partial charge in [0.1, 0.15) is 11.9 Å². The molecule has 0 bridgehead atoms. The van der Waals surface area contributed by atoms with Crippen LogP contribution in [0.25, 0.3) is 0 Å². The van der Waals surface area contributed by atoms with Gasteiger partial charge in [0.2, 0.25) is 5.91 Å². The SMILES string of the molecule is C=CC(=O)N(C)c1cc(OC(=O)C(C)(C)C)cc([C@@H](O)c2ccccc2)c1. The third kappa shape index (κ3) is 5.05. The summed E-state index contributed by atoms with van der Waals surface area (Å²) in [5, 5.41) is 10.7. The molecule has 0 heterocycles. The molecular weight excluding hydrogens is 342 g/mol. The molecule has 1 N–H and O–H groups in total. The number of amides is 1. The standard InChI is InChI=1S/C22H25NO4/c1-6-19(24)23(5)17-12-16(20(25)15-10-8-7-9-11-15)13-18(14-17)27-21(26)22(2,3)4/h6-14,20,25H,1H2,2-5H3/t20-/m0/s1. The van der Waals surface area contributed by atoms with Crippen molar-refractivity contribution in [2.45, 2.75) is 26.9 Å². The molecule has 27 heavy (non-hydrogen) atoms. The van der Waals surface area contributed by atoms with Crippen LogP contribution in [-0.2, 0) is 9.59 Å². The Balaban J connectivity index is 2.49. The number of aliphatic hydroxyl groups excluding tert-OH is 1. The molecule has 0 aliphatic heterocycles. The second-order valence-corrected chi connectivity index (χ2v) is 7.31. The Hall–Kier alpha value is -2.92. The third-order valence-corrected chi connectivity index (χ3v) is 4.06. The number of carbonyl (C=O) groups excluding carboxylic acids is 2. The number of likely N-dealkylation sites (N-methyl/N-ethyl adjacent to an activating group) is 1. The van der Waals surface area contributed by atoms with Crippen molar-refractivity contribution in [1.29, 1.82) is 0 Å². The molecule has 0 saturated heterocycles. The lowest BCUT2D eigenvalue weighted by atomic mass is 9.97. The summed E-state index contributed by atoms with van der Waals surface area (Å²) in [7, 11) is 1.59. The number of rotatable bonds is 5.